The van der Waals surface area contributed by atoms with Crippen molar-refractivity contribution in [3.8, 4) is 11.4 Å². The third-order valence-corrected chi connectivity index (χ3v) is 8.62. The predicted molar refractivity (Wildman–Crippen MR) is 132 cm³/mol. The van der Waals surface area contributed by atoms with Crippen LogP contribution in [0.2, 0.25) is 0 Å². The lowest BCUT2D eigenvalue weighted by Gasteiger charge is -2.50. The van der Waals surface area contributed by atoms with Crippen LogP contribution in [0.4, 0.5) is 0 Å². The Hall–Kier alpha value is -3.03. The Morgan fingerprint density at radius 2 is 1.97 bits per heavy atom. The van der Waals surface area contributed by atoms with E-state index in [1.807, 2.05) is 21.7 Å². The molecule has 180 valence electrons. The molecule has 2 aliphatic carbocycles. The molecule has 1 amide bonds. The largest absolute Gasteiger partial charge is 0.390 e. The minimum Gasteiger partial charge on any atom is -0.390 e. The Morgan fingerprint density at radius 3 is 2.74 bits per heavy atom. The average molecular weight is 470 g/mol. The van der Waals surface area contributed by atoms with Gasteiger partial charge in [-0.25, -0.2) is 9.67 Å². The molecule has 0 unspecified atom stereocenters. The first kappa shape index (κ1) is 21.3. The van der Waals surface area contributed by atoms with Crippen LogP contribution in [0, 0.1) is 0 Å². The van der Waals surface area contributed by atoms with Gasteiger partial charge in [0.05, 0.1) is 12.1 Å². The quantitative estimate of drug-likeness (QED) is 0.600. The Labute approximate surface area is 205 Å². The van der Waals surface area contributed by atoms with Crippen molar-refractivity contribution in [1.29, 1.82) is 0 Å². The Kier molecular flexibility index (Phi) is 4.86. The molecular weight excluding hydrogens is 438 g/mol. The van der Waals surface area contributed by atoms with Crippen LogP contribution in [0.1, 0.15) is 65.2 Å². The number of nitrogens with zero attached hydrogens (tertiary/aromatic N) is 4. The number of carbonyl (C=O) groups excluding carboxylic acids is 1. The maximum atomic E-state index is 13.6. The maximum absolute atomic E-state index is 13.6. The van der Waals surface area contributed by atoms with Gasteiger partial charge in [0, 0.05) is 42.2 Å². The van der Waals surface area contributed by atoms with E-state index in [1.54, 1.807) is 6.33 Å². The number of nitrogens with one attached hydrogen (secondary N) is 1. The number of rotatable bonds is 5. The van der Waals surface area contributed by atoms with Crippen molar-refractivity contribution in [3.05, 3.63) is 71.0 Å². The van der Waals surface area contributed by atoms with Gasteiger partial charge in [-0.3, -0.25) is 4.79 Å². The van der Waals surface area contributed by atoms with Gasteiger partial charge in [-0.05, 0) is 60.9 Å². The number of amides is 1. The Bertz CT molecular complexity index is 1290. The summed E-state index contributed by atoms with van der Waals surface area (Å²) in [4.78, 5) is 20.1. The van der Waals surface area contributed by atoms with Gasteiger partial charge >= 0.3 is 0 Å². The zero-order valence-electron chi connectivity index (χ0n) is 19.9. The van der Waals surface area contributed by atoms with Gasteiger partial charge in [0.2, 0.25) is 0 Å². The number of hydrogen-bond donors (Lipinski definition) is 2. The van der Waals surface area contributed by atoms with E-state index in [0.29, 0.717) is 19.1 Å². The molecule has 7 nitrogen and oxygen atoms in total. The van der Waals surface area contributed by atoms with Crippen molar-refractivity contribution in [1.82, 2.24) is 25.0 Å². The number of carbonyl (C=O) groups is 1. The van der Waals surface area contributed by atoms with E-state index in [1.165, 1.54) is 17.5 Å². The van der Waals surface area contributed by atoms with E-state index in [4.69, 9.17) is 0 Å². The minimum absolute atomic E-state index is 0.0179. The zero-order chi connectivity index (χ0) is 23.6. The van der Waals surface area contributed by atoms with Gasteiger partial charge in [-0.15, -0.1) is 0 Å². The Morgan fingerprint density at radius 1 is 1.14 bits per heavy atom. The maximum Gasteiger partial charge on any atom is 0.254 e. The summed E-state index contributed by atoms with van der Waals surface area (Å²) >= 11 is 0. The van der Waals surface area contributed by atoms with Gasteiger partial charge in [0.25, 0.3) is 5.91 Å². The number of aromatic nitrogens is 3. The summed E-state index contributed by atoms with van der Waals surface area (Å²) in [6.07, 6.45) is 7.45. The van der Waals surface area contributed by atoms with Crippen LogP contribution >= 0.6 is 0 Å². The fourth-order valence-electron chi connectivity index (χ4n) is 6.33. The Balaban J connectivity index is 1.15. The number of fused-ring (bicyclic) bond motifs is 3. The standard InChI is InChI=1S/C28H31N5O2/c34-25(24-13-18-4-1-2-5-20(18)14-29-24)15-32-16-28(10-3-11-28)23-12-19(6-9-22(23)27(32)35)26-30-17-31-33(26)21-7-8-21/h1-2,4-6,9,12,17,21,24-25,29,34H,3,7-8,10-11,13-16H2/t24-,25+/m0/s1. The summed E-state index contributed by atoms with van der Waals surface area (Å²) in [6.45, 7) is 1.79. The molecule has 0 saturated heterocycles. The zero-order valence-corrected chi connectivity index (χ0v) is 19.9. The lowest BCUT2D eigenvalue weighted by molar-refractivity contribution is 0.0339. The van der Waals surface area contributed by atoms with E-state index in [0.717, 1.165) is 61.2 Å². The lowest BCUT2D eigenvalue weighted by Crippen LogP contribution is -2.57. The highest BCUT2D eigenvalue weighted by Crippen LogP contribution is 2.49. The second kappa shape index (κ2) is 8.00. The molecule has 2 atom stereocenters. The summed E-state index contributed by atoms with van der Waals surface area (Å²) < 4.78 is 2.04. The molecule has 3 heterocycles. The fourth-order valence-corrected chi connectivity index (χ4v) is 6.33. The average Bonchev–Trinajstić information content (AvgIpc) is 3.60. The second-order valence-electron chi connectivity index (χ2n) is 10.9. The molecule has 1 aromatic heterocycles. The summed E-state index contributed by atoms with van der Waals surface area (Å²) in [6, 6.07) is 15.0. The smallest absolute Gasteiger partial charge is 0.254 e. The van der Waals surface area contributed by atoms with Crippen LogP contribution < -0.4 is 5.32 Å². The molecule has 2 fully saturated rings. The minimum atomic E-state index is -0.609. The van der Waals surface area contributed by atoms with Crippen LogP contribution in [0.15, 0.2) is 48.8 Å². The van der Waals surface area contributed by atoms with Crippen molar-refractivity contribution >= 4 is 5.91 Å². The third-order valence-electron chi connectivity index (χ3n) is 8.62. The first-order valence-electron chi connectivity index (χ1n) is 12.9. The van der Waals surface area contributed by atoms with E-state index < -0.39 is 6.10 Å². The molecule has 2 N–H and O–H groups in total. The monoisotopic (exact) mass is 469 g/mol. The van der Waals surface area contributed by atoms with Crippen molar-refractivity contribution in [3.63, 3.8) is 0 Å². The van der Waals surface area contributed by atoms with Crippen LogP contribution in [0.5, 0.6) is 0 Å². The number of aliphatic hydroxyl groups is 1. The van der Waals surface area contributed by atoms with Crippen molar-refractivity contribution in [2.24, 2.45) is 0 Å². The molecule has 1 spiro atoms. The molecule has 2 saturated carbocycles. The molecular formula is C28H31N5O2. The van der Waals surface area contributed by atoms with Crippen LogP contribution in [0.25, 0.3) is 11.4 Å². The van der Waals surface area contributed by atoms with E-state index in [2.05, 4.69) is 45.7 Å². The van der Waals surface area contributed by atoms with Gasteiger partial charge in [-0.1, -0.05) is 36.8 Å². The molecule has 7 rings (SSSR count). The highest BCUT2D eigenvalue weighted by Gasteiger charge is 2.47. The van der Waals surface area contributed by atoms with Crippen molar-refractivity contribution in [2.75, 3.05) is 13.1 Å². The topological polar surface area (TPSA) is 83.3 Å². The van der Waals surface area contributed by atoms with Crippen LogP contribution in [-0.4, -0.2) is 55.9 Å². The highest BCUT2D eigenvalue weighted by molar-refractivity contribution is 5.98. The first-order valence-corrected chi connectivity index (χ1v) is 12.9. The van der Waals surface area contributed by atoms with Crippen molar-refractivity contribution in [2.45, 2.75) is 68.7 Å². The summed E-state index contributed by atoms with van der Waals surface area (Å²) in [5.74, 6) is 0.932. The predicted octanol–water partition coefficient (Wildman–Crippen LogP) is 3.23. The van der Waals surface area contributed by atoms with Crippen LogP contribution in [-0.2, 0) is 18.4 Å². The number of benzene rings is 2. The molecule has 2 aliphatic heterocycles. The number of aliphatic hydroxyl groups excluding tert-OH is 1. The third kappa shape index (κ3) is 3.52. The van der Waals surface area contributed by atoms with Crippen LogP contribution in [0.3, 0.4) is 0 Å². The van der Waals surface area contributed by atoms with E-state index in [9.17, 15) is 9.90 Å². The first-order chi connectivity index (χ1) is 17.1. The fraction of sp³-hybridized carbons (Fsp3) is 0.464. The lowest BCUT2D eigenvalue weighted by atomic mass is 9.61. The normalized spacial score (nSPS) is 23.5. The SMILES string of the molecule is O=C1c2ccc(-c3ncnn3C3CC3)cc2C2(CCC2)CN1C[C@@H](O)[C@@H]1Cc2ccccc2CN1. The summed E-state index contributed by atoms with van der Waals surface area (Å²) in [5.41, 5.74) is 5.55. The summed E-state index contributed by atoms with van der Waals surface area (Å²) in [5, 5.41) is 19.1. The van der Waals surface area contributed by atoms with E-state index in [-0.39, 0.29) is 17.4 Å². The summed E-state index contributed by atoms with van der Waals surface area (Å²) in [7, 11) is 0. The van der Waals surface area contributed by atoms with Gasteiger partial charge < -0.3 is 15.3 Å². The molecule has 0 bridgehead atoms. The number of β-amino-alcohol motifs (C(OH)–C–C–N with tert-alkyl or cyclic N) is 1. The molecule has 35 heavy (non-hydrogen) atoms. The van der Waals surface area contributed by atoms with Gasteiger partial charge in [0.15, 0.2) is 5.82 Å². The van der Waals surface area contributed by atoms with E-state index >= 15 is 0 Å². The number of hydrogen-bond acceptors (Lipinski definition) is 5. The second-order valence-corrected chi connectivity index (χ2v) is 10.9. The van der Waals surface area contributed by atoms with Crippen molar-refractivity contribution < 1.29 is 9.90 Å². The van der Waals surface area contributed by atoms with Gasteiger partial charge in [-0.2, -0.15) is 5.10 Å². The highest BCUT2D eigenvalue weighted by atomic mass is 16.3. The molecule has 3 aromatic rings. The molecule has 4 aliphatic rings. The molecule has 7 heteroatoms. The van der Waals surface area contributed by atoms with Gasteiger partial charge in [0.1, 0.15) is 6.33 Å². The molecule has 0 radical (unpaired) electrons. The molecule has 2 aromatic carbocycles.